The molecule has 0 N–H and O–H groups in total. The van der Waals surface area contributed by atoms with Crippen molar-refractivity contribution in [2.45, 2.75) is 32.5 Å². The highest BCUT2D eigenvalue weighted by molar-refractivity contribution is 5.33. The zero-order valence-electron chi connectivity index (χ0n) is 11.1. The summed E-state index contributed by atoms with van der Waals surface area (Å²) in [4.78, 5) is 0. The van der Waals surface area contributed by atoms with Gasteiger partial charge in [0.1, 0.15) is 11.9 Å². The molecule has 102 valence electrons. The molecule has 0 spiro atoms. The topological polar surface area (TPSA) is 42.2 Å². The molecule has 0 aromatic heterocycles. The highest BCUT2D eigenvalue weighted by Crippen LogP contribution is 2.28. The van der Waals surface area contributed by atoms with Crippen LogP contribution in [-0.2, 0) is 9.47 Å². The van der Waals surface area contributed by atoms with Crippen molar-refractivity contribution in [1.82, 2.24) is 0 Å². The summed E-state index contributed by atoms with van der Waals surface area (Å²) in [5.41, 5.74) is 0.672. The minimum absolute atomic E-state index is 0.0420. The molecule has 1 aromatic carbocycles. The number of nitriles is 1. The second kappa shape index (κ2) is 6.65. The molecule has 1 aromatic rings. The number of unbranched alkanes of at least 4 members (excludes halogenated alkanes) is 1. The van der Waals surface area contributed by atoms with E-state index in [1.807, 2.05) is 0 Å². The van der Waals surface area contributed by atoms with E-state index in [0.29, 0.717) is 24.7 Å². The largest absolute Gasteiger partial charge is 0.348 e. The van der Waals surface area contributed by atoms with Crippen molar-refractivity contribution in [3.05, 3.63) is 35.1 Å². The average Bonchev–Trinajstić information content (AvgIpc) is 2.45. The van der Waals surface area contributed by atoms with Gasteiger partial charge in [0.2, 0.25) is 0 Å². The molecule has 0 aliphatic carbocycles. The summed E-state index contributed by atoms with van der Waals surface area (Å²) in [6.45, 7) is 3.45. The Balaban J connectivity index is 1.94. The third-order valence-electron chi connectivity index (χ3n) is 3.32. The summed E-state index contributed by atoms with van der Waals surface area (Å²) < 4.78 is 24.8. The van der Waals surface area contributed by atoms with Crippen molar-refractivity contribution in [2.75, 3.05) is 13.2 Å². The molecule has 19 heavy (non-hydrogen) atoms. The summed E-state index contributed by atoms with van der Waals surface area (Å²) in [6.07, 6.45) is 2.93. The van der Waals surface area contributed by atoms with Crippen LogP contribution in [0.3, 0.4) is 0 Å². The van der Waals surface area contributed by atoms with Gasteiger partial charge in [-0.2, -0.15) is 5.26 Å². The third kappa shape index (κ3) is 3.52. The van der Waals surface area contributed by atoms with Crippen LogP contribution < -0.4 is 0 Å². The van der Waals surface area contributed by atoms with Gasteiger partial charge in [-0.05, 0) is 18.6 Å². The lowest BCUT2D eigenvalue weighted by molar-refractivity contribution is -0.206. The van der Waals surface area contributed by atoms with Crippen LogP contribution in [0.1, 0.15) is 43.6 Å². The van der Waals surface area contributed by atoms with Crippen LogP contribution in [0.4, 0.5) is 4.39 Å². The summed E-state index contributed by atoms with van der Waals surface area (Å²) in [7, 11) is 0. The molecule has 4 heteroatoms. The van der Waals surface area contributed by atoms with Gasteiger partial charge >= 0.3 is 0 Å². The predicted molar refractivity (Wildman–Crippen MR) is 68.8 cm³/mol. The van der Waals surface area contributed by atoms with E-state index in [-0.39, 0.29) is 5.56 Å². The normalized spacial score (nSPS) is 23.0. The molecule has 1 aliphatic rings. The molecule has 0 atom stereocenters. The molecule has 1 fully saturated rings. The van der Waals surface area contributed by atoms with E-state index >= 15 is 0 Å². The Morgan fingerprint density at radius 3 is 2.68 bits per heavy atom. The third-order valence-corrected chi connectivity index (χ3v) is 3.32. The van der Waals surface area contributed by atoms with Gasteiger partial charge in [0, 0.05) is 11.5 Å². The number of hydrogen-bond donors (Lipinski definition) is 0. The first-order valence-electron chi connectivity index (χ1n) is 6.67. The van der Waals surface area contributed by atoms with E-state index in [9.17, 15) is 4.39 Å². The molecule has 1 aliphatic heterocycles. The second-order valence-corrected chi connectivity index (χ2v) is 4.86. The fraction of sp³-hybridized carbons (Fsp3) is 0.533. The molecule has 2 rings (SSSR count). The smallest absolute Gasteiger partial charge is 0.183 e. The lowest BCUT2D eigenvalue weighted by atomic mass is 10.0. The van der Waals surface area contributed by atoms with Crippen molar-refractivity contribution in [3.63, 3.8) is 0 Å². The first-order chi connectivity index (χ1) is 9.24. The molecule has 0 unspecified atom stereocenters. The number of rotatable bonds is 4. The van der Waals surface area contributed by atoms with Gasteiger partial charge in [0.05, 0.1) is 18.8 Å². The average molecular weight is 263 g/mol. The number of hydrogen-bond acceptors (Lipinski definition) is 3. The summed E-state index contributed by atoms with van der Waals surface area (Å²) >= 11 is 0. The zero-order chi connectivity index (χ0) is 13.7. The van der Waals surface area contributed by atoms with Gasteiger partial charge < -0.3 is 9.47 Å². The number of ether oxygens (including phenoxy) is 2. The lowest BCUT2D eigenvalue weighted by Crippen LogP contribution is -2.27. The van der Waals surface area contributed by atoms with Crippen molar-refractivity contribution < 1.29 is 13.9 Å². The van der Waals surface area contributed by atoms with E-state index in [2.05, 4.69) is 6.92 Å². The maximum atomic E-state index is 13.5. The van der Waals surface area contributed by atoms with Crippen LogP contribution in [0.5, 0.6) is 0 Å². The maximum Gasteiger partial charge on any atom is 0.183 e. The molecule has 0 radical (unpaired) electrons. The van der Waals surface area contributed by atoms with Gasteiger partial charge in [-0.15, -0.1) is 0 Å². The summed E-state index contributed by atoms with van der Waals surface area (Å²) in [5.74, 6) is -0.0975. The van der Waals surface area contributed by atoms with Crippen LogP contribution in [0.25, 0.3) is 0 Å². The Bertz CT molecular complexity index is 462. The van der Waals surface area contributed by atoms with Crippen LogP contribution in [0.2, 0.25) is 0 Å². The molecule has 0 bridgehead atoms. The van der Waals surface area contributed by atoms with Crippen LogP contribution in [-0.4, -0.2) is 13.2 Å². The minimum atomic E-state index is -0.527. The summed E-state index contributed by atoms with van der Waals surface area (Å²) in [6, 6.07) is 6.25. The van der Waals surface area contributed by atoms with E-state index in [1.165, 1.54) is 25.0 Å². The van der Waals surface area contributed by atoms with Crippen LogP contribution in [0.15, 0.2) is 18.2 Å². The Labute approximate surface area is 112 Å². The van der Waals surface area contributed by atoms with Crippen molar-refractivity contribution in [3.8, 4) is 6.07 Å². The first kappa shape index (κ1) is 14.0. The highest BCUT2D eigenvalue weighted by Gasteiger charge is 2.23. The SMILES string of the molecule is CCCCC1COC(c2ccc(C#N)c(F)c2)OC1. The monoisotopic (exact) mass is 263 g/mol. The molecule has 1 saturated heterocycles. The Morgan fingerprint density at radius 1 is 1.37 bits per heavy atom. The quantitative estimate of drug-likeness (QED) is 0.834. The summed E-state index contributed by atoms with van der Waals surface area (Å²) in [5, 5.41) is 8.68. The van der Waals surface area contributed by atoms with Crippen molar-refractivity contribution in [1.29, 1.82) is 5.26 Å². The van der Waals surface area contributed by atoms with Crippen molar-refractivity contribution >= 4 is 0 Å². The van der Waals surface area contributed by atoms with E-state index in [0.717, 1.165) is 6.42 Å². The number of halogens is 1. The van der Waals surface area contributed by atoms with E-state index in [1.54, 1.807) is 12.1 Å². The molecule has 0 amide bonds. The first-order valence-corrected chi connectivity index (χ1v) is 6.67. The Morgan fingerprint density at radius 2 is 2.11 bits per heavy atom. The second-order valence-electron chi connectivity index (χ2n) is 4.86. The highest BCUT2D eigenvalue weighted by atomic mass is 19.1. The van der Waals surface area contributed by atoms with E-state index < -0.39 is 12.1 Å². The molecule has 1 heterocycles. The molecule has 3 nitrogen and oxygen atoms in total. The van der Waals surface area contributed by atoms with E-state index in [4.69, 9.17) is 14.7 Å². The Hall–Kier alpha value is -1.44. The molecule has 0 saturated carbocycles. The minimum Gasteiger partial charge on any atom is -0.348 e. The van der Waals surface area contributed by atoms with Gasteiger partial charge in [0.15, 0.2) is 6.29 Å². The van der Waals surface area contributed by atoms with Crippen LogP contribution >= 0.6 is 0 Å². The van der Waals surface area contributed by atoms with Gasteiger partial charge in [-0.1, -0.05) is 25.8 Å². The Kier molecular flexibility index (Phi) is 4.89. The standard InChI is InChI=1S/C15H18FNO2/c1-2-3-4-11-9-18-15(19-10-11)12-5-6-13(8-17)14(16)7-12/h5-7,11,15H,2-4,9-10H2,1H3. The van der Waals surface area contributed by atoms with Gasteiger partial charge in [-0.25, -0.2) is 4.39 Å². The molecular formula is C15H18FNO2. The fourth-order valence-electron chi connectivity index (χ4n) is 2.16. The number of benzene rings is 1. The van der Waals surface area contributed by atoms with Gasteiger partial charge in [-0.3, -0.25) is 0 Å². The fourth-order valence-corrected chi connectivity index (χ4v) is 2.16. The zero-order valence-corrected chi connectivity index (χ0v) is 11.1. The number of nitrogens with zero attached hydrogens (tertiary/aromatic N) is 1. The van der Waals surface area contributed by atoms with Crippen molar-refractivity contribution in [2.24, 2.45) is 5.92 Å². The van der Waals surface area contributed by atoms with Crippen LogP contribution in [0, 0.1) is 23.1 Å². The maximum absolute atomic E-state index is 13.5. The lowest BCUT2D eigenvalue weighted by Gasteiger charge is -2.29. The van der Waals surface area contributed by atoms with Gasteiger partial charge in [0.25, 0.3) is 0 Å². The predicted octanol–water partition coefficient (Wildman–Crippen LogP) is 3.55. The molecular weight excluding hydrogens is 245 g/mol.